The van der Waals surface area contributed by atoms with Gasteiger partial charge in [0.2, 0.25) is 0 Å². The first-order valence-corrected chi connectivity index (χ1v) is 5.20. The van der Waals surface area contributed by atoms with E-state index in [1.807, 2.05) is 18.3 Å². The molecule has 0 fully saturated rings. The number of thiophene rings is 1. The summed E-state index contributed by atoms with van der Waals surface area (Å²) in [6.45, 7) is 7.15. The van der Waals surface area contributed by atoms with E-state index < -0.39 is 0 Å². The van der Waals surface area contributed by atoms with Gasteiger partial charge < -0.3 is 0 Å². The molecule has 0 aliphatic rings. The van der Waals surface area contributed by atoms with Crippen molar-refractivity contribution in [2.45, 2.75) is 33.4 Å². The van der Waals surface area contributed by atoms with Crippen LogP contribution in [0.1, 0.15) is 22.2 Å². The second-order valence-corrected chi connectivity index (χ2v) is 4.67. The molecule has 0 bridgehead atoms. The first-order valence-electron chi connectivity index (χ1n) is 4.39. The minimum atomic E-state index is 0.152. The summed E-state index contributed by atoms with van der Waals surface area (Å²) < 4.78 is 0. The van der Waals surface area contributed by atoms with Crippen molar-refractivity contribution >= 4 is 11.3 Å². The van der Waals surface area contributed by atoms with Gasteiger partial charge in [0.15, 0.2) is 0 Å². The van der Waals surface area contributed by atoms with E-state index in [4.69, 9.17) is 6.42 Å². The minimum Gasteiger partial charge on any atom is -0.300 e. The molecule has 0 saturated carbocycles. The molecule has 0 saturated heterocycles. The molecule has 70 valence electrons. The van der Waals surface area contributed by atoms with Crippen LogP contribution in [-0.4, -0.2) is 6.04 Å². The summed E-state index contributed by atoms with van der Waals surface area (Å²) >= 11 is 1.84. The predicted octanol–water partition coefficient (Wildman–Crippen LogP) is 2.48. The molecule has 1 atom stereocenters. The van der Waals surface area contributed by atoms with Crippen LogP contribution < -0.4 is 5.32 Å². The van der Waals surface area contributed by atoms with Gasteiger partial charge in [0.05, 0.1) is 6.04 Å². The molecule has 0 aliphatic heterocycles. The molecule has 0 spiro atoms. The first kappa shape index (κ1) is 10.3. The number of rotatable bonds is 3. The Labute approximate surface area is 84.2 Å². The SMILES string of the molecule is C#CC(C)NCc1cc(C)sc1C. The second kappa shape index (κ2) is 4.45. The average molecular weight is 193 g/mol. The fourth-order valence-corrected chi connectivity index (χ4v) is 2.13. The maximum atomic E-state index is 5.27. The smallest absolute Gasteiger partial charge is 0.0660 e. The highest BCUT2D eigenvalue weighted by Crippen LogP contribution is 2.20. The van der Waals surface area contributed by atoms with Crippen LogP contribution in [0.3, 0.4) is 0 Å². The molecule has 1 unspecified atom stereocenters. The van der Waals surface area contributed by atoms with E-state index in [0.29, 0.717) is 0 Å². The van der Waals surface area contributed by atoms with Gasteiger partial charge in [0, 0.05) is 16.3 Å². The average Bonchev–Trinajstić information content (AvgIpc) is 2.41. The van der Waals surface area contributed by atoms with Crippen LogP contribution in [0.25, 0.3) is 0 Å². The Morgan fingerprint density at radius 1 is 1.62 bits per heavy atom. The summed E-state index contributed by atoms with van der Waals surface area (Å²) in [5.41, 5.74) is 1.37. The lowest BCUT2D eigenvalue weighted by atomic mass is 10.2. The highest BCUT2D eigenvalue weighted by molar-refractivity contribution is 7.12. The number of aryl methyl sites for hydroxylation is 2. The molecular weight excluding hydrogens is 178 g/mol. The maximum Gasteiger partial charge on any atom is 0.0660 e. The summed E-state index contributed by atoms with van der Waals surface area (Å²) in [6, 6.07) is 2.37. The third-order valence-electron chi connectivity index (χ3n) is 1.99. The van der Waals surface area contributed by atoms with E-state index in [0.717, 1.165) is 6.54 Å². The van der Waals surface area contributed by atoms with E-state index in [-0.39, 0.29) is 6.04 Å². The van der Waals surface area contributed by atoms with Crippen molar-refractivity contribution in [1.82, 2.24) is 5.32 Å². The molecule has 0 amide bonds. The zero-order chi connectivity index (χ0) is 9.84. The summed E-state index contributed by atoms with van der Waals surface area (Å²) in [5, 5.41) is 3.27. The molecule has 1 N–H and O–H groups in total. The second-order valence-electron chi connectivity index (χ2n) is 3.21. The largest absolute Gasteiger partial charge is 0.300 e. The van der Waals surface area contributed by atoms with Gasteiger partial charge in [-0.1, -0.05) is 5.92 Å². The van der Waals surface area contributed by atoms with Gasteiger partial charge in [-0.2, -0.15) is 0 Å². The van der Waals surface area contributed by atoms with Gasteiger partial charge >= 0.3 is 0 Å². The third-order valence-corrected chi connectivity index (χ3v) is 3.00. The van der Waals surface area contributed by atoms with Gasteiger partial charge in [0.25, 0.3) is 0 Å². The standard InChI is InChI=1S/C11H15NS/c1-5-8(2)12-7-11-6-9(3)13-10(11)4/h1,6,8,12H,7H2,2-4H3. The lowest BCUT2D eigenvalue weighted by Gasteiger charge is -2.06. The molecule has 13 heavy (non-hydrogen) atoms. The molecule has 1 rings (SSSR count). The summed E-state index contributed by atoms with van der Waals surface area (Å²) in [7, 11) is 0. The van der Waals surface area contributed by atoms with Gasteiger partial charge in [-0.3, -0.25) is 5.32 Å². The van der Waals surface area contributed by atoms with Gasteiger partial charge in [-0.15, -0.1) is 17.8 Å². The first-order chi connectivity index (χ1) is 6.13. The van der Waals surface area contributed by atoms with Crippen molar-refractivity contribution in [3.63, 3.8) is 0 Å². The van der Waals surface area contributed by atoms with Crippen molar-refractivity contribution in [2.75, 3.05) is 0 Å². The quantitative estimate of drug-likeness (QED) is 0.727. The van der Waals surface area contributed by atoms with Crippen LogP contribution in [0.2, 0.25) is 0 Å². The summed E-state index contributed by atoms with van der Waals surface area (Å²) in [4.78, 5) is 2.75. The Morgan fingerprint density at radius 3 is 2.77 bits per heavy atom. The van der Waals surface area contributed by atoms with Crippen LogP contribution in [0.15, 0.2) is 6.07 Å². The molecule has 1 aromatic rings. The Balaban J connectivity index is 2.55. The van der Waals surface area contributed by atoms with Crippen LogP contribution >= 0.6 is 11.3 Å². The van der Waals surface area contributed by atoms with Gasteiger partial charge in [0.1, 0.15) is 0 Å². The molecule has 1 heterocycles. The Morgan fingerprint density at radius 2 is 2.31 bits per heavy atom. The number of hydrogen-bond donors (Lipinski definition) is 1. The number of hydrogen-bond acceptors (Lipinski definition) is 2. The predicted molar refractivity (Wildman–Crippen MR) is 58.9 cm³/mol. The van der Waals surface area contributed by atoms with Crippen molar-refractivity contribution < 1.29 is 0 Å². The fraction of sp³-hybridized carbons (Fsp3) is 0.455. The highest BCUT2D eigenvalue weighted by Gasteiger charge is 2.03. The molecule has 2 heteroatoms. The topological polar surface area (TPSA) is 12.0 Å². The lowest BCUT2D eigenvalue weighted by Crippen LogP contribution is -2.23. The van der Waals surface area contributed by atoms with Crippen LogP contribution in [-0.2, 0) is 6.54 Å². The van der Waals surface area contributed by atoms with E-state index in [2.05, 4.69) is 31.2 Å². The monoisotopic (exact) mass is 193 g/mol. The van der Waals surface area contributed by atoms with E-state index >= 15 is 0 Å². The van der Waals surface area contributed by atoms with Crippen LogP contribution in [0.4, 0.5) is 0 Å². The Kier molecular flexibility index (Phi) is 3.53. The number of nitrogens with one attached hydrogen (secondary N) is 1. The molecule has 0 aromatic carbocycles. The van der Waals surface area contributed by atoms with Crippen molar-refractivity contribution in [1.29, 1.82) is 0 Å². The zero-order valence-electron chi connectivity index (χ0n) is 8.35. The third kappa shape index (κ3) is 2.87. The molecule has 1 nitrogen and oxygen atoms in total. The lowest BCUT2D eigenvalue weighted by molar-refractivity contribution is 0.647. The fourth-order valence-electron chi connectivity index (χ4n) is 1.18. The van der Waals surface area contributed by atoms with E-state index in [1.165, 1.54) is 15.3 Å². The van der Waals surface area contributed by atoms with Crippen molar-refractivity contribution in [3.8, 4) is 12.3 Å². The maximum absolute atomic E-state index is 5.27. The van der Waals surface area contributed by atoms with Gasteiger partial charge in [-0.25, -0.2) is 0 Å². The van der Waals surface area contributed by atoms with Gasteiger partial charge in [-0.05, 0) is 32.4 Å². The van der Waals surface area contributed by atoms with Crippen LogP contribution in [0.5, 0.6) is 0 Å². The summed E-state index contributed by atoms with van der Waals surface area (Å²) in [6.07, 6.45) is 5.27. The molecular formula is C11H15NS. The van der Waals surface area contributed by atoms with Crippen molar-refractivity contribution in [3.05, 3.63) is 21.4 Å². The Hall–Kier alpha value is -0.780. The zero-order valence-corrected chi connectivity index (χ0v) is 9.16. The van der Waals surface area contributed by atoms with E-state index in [9.17, 15) is 0 Å². The van der Waals surface area contributed by atoms with Crippen molar-refractivity contribution in [2.24, 2.45) is 0 Å². The van der Waals surface area contributed by atoms with E-state index in [1.54, 1.807) is 0 Å². The minimum absolute atomic E-state index is 0.152. The molecule has 0 radical (unpaired) electrons. The highest BCUT2D eigenvalue weighted by atomic mass is 32.1. The van der Waals surface area contributed by atoms with Crippen LogP contribution in [0, 0.1) is 26.2 Å². The number of terminal acetylenes is 1. The molecule has 0 aliphatic carbocycles. The summed E-state index contributed by atoms with van der Waals surface area (Å²) in [5.74, 6) is 2.65. The Bertz CT molecular complexity index is 319. The molecule has 1 aromatic heterocycles. The normalized spacial score (nSPS) is 12.5.